The lowest BCUT2D eigenvalue weighted by Gasteiger charge is -2.13. The van der Waals surface area contributed by atoms with Gasteiger partial charge in [0.15, 0.2) is 0 Å². The molecule has 0 aliphatic carbocycles. The molecule has 0 bridgehead atoms. The second-order valence-corrected chi connectivity index (χ2v) is 7.71. The van der Waals surface area contributed by atoms with Crippen molar-refractivity contribution < 1.29 is 8.42 Å². The minimum atomic E-state index is -3.72. The van der Waals surface area contributed by atoms with Crippen molar-refractivity contribution in [2.24, 2.45) is 7.05 Å². The minimum absolute atomic E-state index is 0.0957. The summed E-state index contributed by atoms with van der Waals surface area (Å²) in [4.78, 5) is 3.83. The highest BCUT2D eigenvalue weighted by Gasteiger charge is 2.24. The number of hydrogen-bond acceptors (Lipinski definition) is 3. The van der Waals surface area contributed by atoms with Crippen LogP contribution in [0.4, 0.5) is 0 Å². The fraction of sp³-hybridized carbons (Fsp3) is 0.308. The van der Waals surface area contributed by atoms with Crippen LogP contribution >= 0.6 is 27.5 Å². The Balaban J connectivity index is 2.09. The Morgan fingerprint density at radius 1 is 1.38 bits per heavy atom. The first kappa shape index (κ1) is 16.5. The summed E-state index contributed by atoms with van der Waals surface area (Å²) in [6, 6.07) is 7.47. The molecule has 0 saturated carbocycles. The Labute approximate surface area is 137 Å². The molecule has 2 rings (SSSR count). The van der Waals surface area contributed by atoms with Crippen LogP contribution in [0.15, 0.2) is 40.1 Å². The predicted molar refractivity (Wildman–Crippen MR) is 85.8 cm³/mol. The number of rotatable bonds is 5. The number of aryl methyl sites for hydroxylation is 1. The van der Waals surface area contributed by atoms with Gasteiger partial charge < -0.3 is 4.57 Å². The number of aromatic nitrogens is 2. The van der Waals surface area contributed by atoms with Gasteiger partial charge in [-0.3, -0.25) is 0 Å². The van der Waals surface area contributed by atoms with E-state index in [1.54, 1.807) is 14.0 Å². The van der Waals surface area contributed by atoms with Crippen LogP contribution in [0.3, 0.4) is 0 Å². The SMILES string of the molecule is CC(Cc1ccc(Br)cc1)NS(=O)(=O)c1ncn(C)c1Cl. The van der Waals surface area contributed by atoms with Crippen LogP contribution in [-0.2, 0) is 23.5 Å². The van der Waals surface area contributed by atoms with Gasteiger partial charge in [0.25, 0.3) is 10.0 Å². The van der Waals surface area contributed by atoms with Crippen LogP contribution < -0.4 is 4.72 Å². The van der Waals surface area contributed by atoms with E-state index >= 15 is 0 Å². The van der Waals surface area contributed by atoms with Crippen molar-refractivity contribution in [2.75, 3.05) is 0 Å². The van der Waals surface area contributed by atoms with Gasteiger partial charge in [-0.05, 0) is 31.0 Å². The van der Waals surface area contributed by atoms with Crippen LogP contribution in [-0.4, -0.2) is 24.0 Å². The Morgan fingerprint density at radius 2 is 2.00 bits per heavy atom. The molecule has 114 valence electrons. The molecule has 5 nitrogen and oxygen atoms in total. The van der Waals surface area contributed by atoms with Crippen molar-refractivity contribution in [3.8, 4) is 0 Å². The first-order valence-electron chi connectivity index (χ1n) is 6.23. The monoisotopic (exact) mass is 391 g/mol. The third-order valence-corrected chi connectivity index (χ3v) is 5.51. The van der Waals surface area contributed by atoms with Crippen molar-refractivity contribution in [2.45, 2.75) is 24.4 Å². The summed E-state index contributed by atoms with van der Waals surface area (Å²) in [7, 11) is -2.08. The van der Waals surface area contributed by atoms with Crippen molar-refractivity contribution in [1.82, 2.24) is 14.3 Å². The molecule has 21 heavy (non-hydrogen) atoms. The van der Waals surface area contributed by atoms with E-state index in [0.717, 1.165) is 10.0 Å². The minimum Gasteiger partial charge on any atom is -0.324 e. The predicted octanol–water partition coefficient (Wildman–Crippen LogP) is 2.75. The topological polar surface area (TPSA) is 64.0 Å². The fourth-order valence-electron chi connectivity index (χ4n) is 1.91. The molecule has 0 spiro atoms. The van der Waals surface area contributed by atoms with Gasteiger partial charge in [0.1, 0.15) is 5.15 Å². The van der Waals surface area contributed by atoms with Gasteiger partial charge >= 0.3 is 0 Å². The molecule has 1 atom stereocenters. The second-order valence-electron chi connectivity index (χ2n) is 4.80. The van der Waals surface area contributed by atoms with E-state index in [4.69, 9.17) is 11.6 Å². The fourth-order valence-corrected chi connectivity index (χ4v) is 3.85. The molecule has 2 aromatic rings. The molecular formula is C13H15BrClN3O2S. The lowest BCUT2D eigenvalue weighted by molar-refractivity contribution is 0.556. The Morgan fingerprint density at radius 3 is 2.52 bits per heavy atom. The van der Waals surface area contributed by atoms with E-state index in [2.05, 4.69) is 25.6 Å². The number of halogens is 2. The van der Waals surface area contributed by atoms with Crippen LogP contribution in [0.5, 0.6) is 0 Å². The highest BCUT2D eigenvalue weighted by atomic mass is 79.9. The molecule has 0 fully saturated rings. The van der Waals surface area contributed by atoms with Crippen molar-refractivity contribution in [1.29, 1.82) is 0 Å². The Hall–Kier alpha value is -0.890. The van der Waals surface area contributed by atoms with Gasteiger partial charge in [-0.15, -0.1) is 0 Å². The highest BCUT2D eigenvalue weighted by Crippen LogP contribution is 2.19. The van der Waals surface area contributed by atoms with Gasteiger partial charge in [0.2, 0.25) is 5.03 Å². The smallest absolute Gasteiger partial charge is 0.261 e. The molecular weight excluding hydrogens is 378 g/mol. The van der Waals surface area contributed by atoms with E-state index in [-0.39, 0.29) is 16.2 Å². The zero-order valence-corrected chi connectivity index (χ0v) is 14.7. The summed E-state index contributed by atoms with van der Waals surface area (Å²) in [6.07, 6.45) is 1.95. The van der Waals surface area contributed by atoms with E-state index in [1.165, 1.54) is 10.9 Å². The van der Waals surface area contributed by atoms with Crippen LogP contribution in [0, 0.1) is 0 Å². The number of nitrogens with one attached hydrogen (secondary N) is 1. The van der Waals surface area contributed by atoms with Crippen LogP contribution in [0.1, 0.15) is 12.5 Å². The van der Waals surface area contributed by atoms with Crippen LogP contribution in [0.2, 0.25) is 5.15 Å². The third-order valence-electron chi connectivity index (χ3n) is 2.90. The molecule has 1 aromatic heterocycles. The summed E-state index contributed by atoms with van der Waals surface area (Å²) in [5.74, 6) is 0. The molecule has 0 radical (unpaired) electrons. The Kier molecular flexibility index (Phi) is 5.08. The highest BCUT2D eigenvalue weighted by molar-refractivity contribution is 9.10. The van der Waals surface area contributed by atoms with Crippen LogP contribution in [0.25, 0.3) is 0 Å². The maximum atomic E-state index is 12.2. The van der Waals surface area contributed by atoms with Crippen molar-refractivity contribution in [3.05, 3.63) is 45.8 Å². The lowest BCUT2D eigenvalue weighted by atomic mass is 10.1. The molecule has 1 N–H and O–H groups in total. The maximum Gasteiger partial charge on any atom is 0.261 e. The zero-order chi connectivity index (χ0) is 15.6. The number of sulfonamides is 1. The van der Waals surface area contributed by atoms with Gasteiger partial charge in [-0.2, -0.15) is 0 Å². The van der Waals surface area contributed by atoms with E-state index in [0.29, 0.717) is 6.42 Å². The lowest BCUT2D eigenvalue weighted by Crippen LogP contribution is -2.34. The molecule has 1 aromatic carbocycles. The standard InChI is InChI=1S/C13H15BrClN3O2S/c1-9(7-10-3-5-11(14)6-4-10)17-21(19,20)13-12(15)18(2)8-16-13/h3-6,8-9,17H,7H2,1-2H3. The van der Waals surface area contributed by atoms with Gasteiger partial charge in [0, 0.05) is 17.6 Å². The van der Waals surface area contributed by atoms with Crippen molar-refractivity contribution >= 4 is 37.6 Å². The Bertz CT molecular complexity index is 728. The number of nitrogens with zero attached hydrogens (tertiary/aromatic N) is 2. The van der Waals surface area contributed by atoms with Gasteiger partial charge in [-0.25, -0.2) is 18.1 Å². The first-order valence-corrected chi connectivity index (χ1v) is 8.88. The molecule has 0 amide bonds. The van der Waals surface area contributed by atoms with Crippen molar-refractivity contribution in [3.63, 3.8) is 0 Å². The zero-order valence-electron chi connectivity index (χ0n) is 11.5. The summed E-state index contributed by atoms with van der Waals surface area (Å²) >= 11 is 9.30. The first-order chi connectivity index (χ1) is 9.79. The second kappa shape index (κ2) is 6.48. The number of imidazole rings is 1. The largest absolute Gasteiger partial charge is 0.324 e. The molecule has 1 unspecified atom stereocenters. The summed E-state index contributed by atoms with van der Waals surface area (Å²) in [5.41, 5.74) is 1.04. The van der Waals surface area contributed by atoms with E-state index in [1.807, 2.05) is 24.3 Å². The molecule has 8 heteroatoms. The molecule has 0 saturated heterocycles. The normalized spacial score (nSPS) is 13.3. The third kappa shape index (κ3) is 4.06. The molecule has 0 aliphatic heterocycles. The molecule has 0 aliphatic rings. The summed E-state index contributed by atoms with van der Waals surface area (Å²) < 4.78 is 29.5. The van der Waals surface area contributed by atoms with Gasteiger partial charge in [0.05, 0.1) is 6.33 Å². The van der Waals surface area contributed by atoms with E-state index in [9.17, 15) is 8.42 Å². The number of hydrogen-bond donors (Lipinski definition) is 1. The average molecular weight is 393 g/mol. The maximum absolute atomic E-state index is 12.2. The average Bonchev–Trinajstić information content (AvgIpc) is 2.73. The summed E-state index contributed by atoms with van der Waals surface area (Å²) in [5, 5.41) is -0.0485. The van der Waals surface area contributed by atoms with Gasteiger partial charge in [-0.1, -0.05) is 39.7 Å². The number of benzene rings is 1. The van der Waals surface area contributed by atoms with E-state index < -0.39 is 10.0 Å². The molecule has 1 heterocycles. The quantitative estimate of drug-likeness (QED) is 0.851. The summed E-state index contributed by atoms with van der Waals surface area (Å²) in [6.45, 7) is 1.80.